The van der Waals surface area contributed by atoms with Gasteiger partial charge in [-0.05, 0) is 22.8 Å². The summed E-state index contributed by atoms with van der Waals surface area (Å²) in [7, 11) is 0. The van der Waals surface area contributed by atoms with Crippen molar-refractivity contribution in [2.24, 2.45) is 5.92 Å². The van der Waals surface area contributed by atoms with Crippen molar-refractivity contribution in [2.75, 3.05) is 19.8 Å². The average Bonchev–Trinajstić information content (AvgIpc) is 2.44. The van der Waals surface area contributed by atoms with Crippen LogP contribution in [0.2, 0.25) is 0 Å². The van der Waals surface area contributed by atoms with Gasteiger partial charge in [0.05, 0.1) is 6.61 Å². The summed E-state index contributed by atoms with van der Waals surface area (Å²) < 4.78 is 5.53. The van der Waals surface area contributed by atoms with Gasteiger partial charge in [0.2, 0.25) is 0 Å². The third-order valence-electron chi connectivity index (χ3n) is 3.19. The number of phenols is 1. The molecular formula is C17H23NO2. The molecule has 0 heterocycles. The van der Waals surface area contributed by atoms with Crippen LogP contribution in [0.1, 0.15) is 19.4 Å². The van der Waals surface area contributed by atoms with Gasteiger partial charge in [-0.1, -0.05) is 44.2 Å². The van der Waals surface area contributed by atoms with E-state index in [1.807, 2.05) is 24.3 Å². The highest BCUT2D eigenvalue weighted by molar-refractivity contribution is 5.87. The Kier molecular flexibility index (Phi) is 5.39. The van der Waals surface area contributed by atoms with Crippen LogP contribution in [-0.2, 0) is 11.3 Å². The van der Waals surface area contributed by atoms with Gasteiger partial charge in [0, 0.05) is 25.3 Å². The van der Waals surface area contributed by atoms with Gasteiger partial charge >= 0.3 is 0 Å². The Balaban J connectivity index is 1.91. The van der Waals surface area contributed by atoms with Crippen LogP contribution >= 0.6 is 0 Å². The molecule has 0 unspecified atom stereocenters. The first-order valence-corrected chi connectivity index (χ1v) is 7.16. The standard InChI is InChI=1S/C17H23NO2/c1-13(2)12-20-10-9-18-11-16-15-6-4-3-5-14(15)7-8-17(16)19/h3-8,13,18-19H,9-12H2,1-2H3. The van der Waals surface area contributed by atoms with Crippen LogP contribution in [0.15, 0.2) is 36.4 Å². The fourth-order valence-corrected chi connectivity index (χ4v) is 2.19. The number of rotatable bonds is 7. The molecule has 0 saturated heterocycles. The molecular weight excluding hydrogens is 250 g/mol. The number of hydrogen-bond acceptors (Lipinski definition) is 3. The summed E-state index contributed by atoms with van der Waals surface area (Å²) in [5, 5.41) is 15.6. The van der Waals surface area contributed by atoms with Gasteiger partial charge in [0.25, 0.3) is 0 Å². The van der Waals surface area contributed by atoms with Gasteiger partial charge in [-0.3, -0.25) is 0 Å². The van der Waals surface area contributed by atoms with E-state index in [9.17, 15) is 5.11 Å². The first-order valence-electron chi connectivity index (χ1n) is 7.16. The fourth-order valence-electron chi connectivity index (χ4n) is 2.19. The van der Waals surface area contributed by atoms with E-state index in [1.165, 1.54) is 0 Å². The lowest BCUT2D eigenvalue weighted by Gasteiger charge is -2.11. The summed E-state index contributed by atoms with van der Waals surface area (Å²) in [6.07, 6.45) is 0. The number of ether oxygens (including phenoxy) is 1. The average molecular weight is 273 g/mol. The summed E-state index contributed by atoms with van der Waals surface area (Å²) in [4.78, 5) is 0. The Morgan fingerprint density at radius 3 is 2.75 bits per heavy atom. The predicted octanol–water partition coefficient (Wildman–Crippen LogP) is 3.31. The van der Waals surface area contributed by atoms with Crippen molar-refractivity contribution in [3.05, 3.63) is 42.0 Å². The van der Waals surface area contributed by atoms with Gasteiger partial charge in [0.15, 0.2) is 0 Å². The zero-order valence-electron chi connectivity index (χ0n) is 12.2. The lowest BCUT2D eigenvalue weighted by molar-refractivity contribution is 0.111. The third kappa shape index (κ3) is 3.95. The van der Waals surface area contributed by atoms with E-state index < -0.39 is 0 Å². The second-order valence-electron chi connectivity index (χ2n) is 5.43. The number of fused-ring (bicyclic) bond motifs is 1. The molecule has 0 atom stereocenters. The van der Waals surface area contributed by atoms with Crippen LogP contribution in [0.25, 0.3) is 10.8 Å². The van der Waals surface area contributed by atoms with Crippen molar-refractivity contribution in [1.82, 2.24) is 5.32 Å². The number of aromatic hydroxyl groups is 1. The second-order valence-corrected chi connectivity index (χ2v) is 5.43. The zero-order chi connectivity index (χ0) is 14.4. The van der Waals surface area contributed by atoms with Gasteiger partial charge in [-0.15, -0.1) is 0 Å². The van der Waals surface area contributed by atoms with E-state index in [0.29, 0.717) is 24.8 Å². The molecule has 0 radical (unpaired) electrons. The molecule has 2 rings (SSSR count). The summed E-state index contributed by atoms with van der Waals surface area (Å²) in [5.41, 5.74) is 0.951. The van der Waals surface area contributed by atoms with E-state index >= 15 is 0 Å². The second kappa shape index (κ2) is 7.27. The van der Waals surface area contributed by atoms with Gasteiger partial charge in [-0.25, -0.2) is 0 Å². The highest BCUT2D eigenvalue weighted by Crippen LogP contribution is 2.26. The van der Waals surface area contributed by atoms with Crippen LogP contribution in [0, 0.1) is 5.92 Å². The highest BCUT2D eigenvalue weighted by Gasteiger charge is 2.05. The first kappa shape index (κ1) is 14.8. The maximum absolute atomic E-state index is 10.0. The van der Waals surface area contributed by atoms with E-state index in [0.717, 1.165) is 29.5 Å². The molecule has 0 aliphatic carbocycles. The lowest BCUT2D eigenvalue weighted by atomic mass is 10.0. The van der Waals surface area contributed by atoms with E-state index in [2.05, 4.69) is 25.2 Å². The van der Waals surface area contributed by atoms with Crippen LogP contribution < -0.4 is 5.32 Å². The van der Waals surface area contributed by atoms with Crippen molar-refractivity contribution in [2.45, 2.75) is 20.4 Å². The van der Waals surface area contributed by atoms with E-state index in [4.69, 9.17) is 4.74 Å². The Hall–Kier alpha value is -1.58. The Morgan fingerprint density at radius 2 is 1.95 bits per heavy atom. The summed E-state index contributed by atoms with van der Waals surface area (Å²) >= 11 is 0. The van der Waals surface area contributed by atoms with Crippen molar-refractivity contribution in [3.63, 3.8) is 0 Å². The van der Waals surface area contributed by atoms with E-state index in [1.54, 1.807) is 6.07 Å². The van der Waals surface area contributed by atoms with Crippen molar-refractivity contribution in [1.29, 1.82) is 0 Å². The molecule has 0 saturated carbocycles. The van der Waals surface area contributed by atoms with Gasteiger partial charge < -0.3 is 15.2 Å². The number of benzene rings is 2. The quantitative estimate of drug-likeness (QED) is 0.760. The molecule has 20 heavy (non-hydrogen) atoms. The molecule has 0 aliphatic heterocycles. The zero-order valence-corrected chi connectivity index (χ0v) is 12.2. The topological polar surface area (TPSA) is 41.5 Å². The van der Waals surface area contributed by atoms with Crippen molar-refractivity contribution >= 4 is 10.8 Å². The molecule has 0 amide bonds. The Bertz CT molecular complexity index is 552. The number of hydrogen-bond donors (Lipinski definition) is 2. The van der Waals surface area contributed by atoms with Crippen LogP contribution in [-0.4, -0.2) is 24.9 Å². The molecule has 0 fully saturated rings. The minimum Gasteiger partial charge on any atom is -0.508 e. The molecule has 0 bridgehead atoms. The fraction of sp³-hybridized carbons (Fsp3) is 0.412. The first-order chi connectivity index (χ1) is 9.68. The molecule has 2 aromatic rings. The molecule has 2 aromatic carbocycles. The number of nitrogens with one attached hydrogen (secondary N) is 1. The Morgan fingerprint density at radius 1 is 1.15 bits per heavy atom. The van der Waals surface area contributed by atoms with Crippen LogP contribution in [0.5, 0.6) is 5.75 Å². The van der Waals surface area contributed by atoms with Crippen LogP contribution in [0.4, 0.5) is 0 Å². The normalized spacial score (nSPS) is 11.3. The summed E-state index contributed by atoms with van der Waals surface area (Å²) in [6, 6.07) is 11.8. The summed E-state index contributed by atoms with van der Waals surface area (Å²) in [6.45, 7) is 7.21. The van der Waals surface area contributed by atoms with Crippen LogP contribution in [0.3, 0.4) is 0 Å². The van der Waals surface area contributed by atoms with Crippen molar-refractivity contribution in [3.8, 4) is 5.75 Å². The molecule has 0 aliphatic rings. The highest BCUT2D eigenvalue weighted by atomic mass is 16.5. The minimum absolute atomic E-state index is 0.347. The van der Waals surface area contributed by atoms with Gasteiger partial charge in [0.1, 0.15) is 5.75 Å². The largest absolute Gasteiger partial charge is 0.508 e. The Labute approximate surface area is 120 Å². The van der Waals surface area contributed by atoms with Crippen molar-refractivity contribution < 1.29 is 9.84 Å². The summed E-state index contributed by atoms with van der Waals surface area (Å²) in [5.74, 6) is 0.913. The molecule has 2 N–H and O–H groups in total. The maximum atomic E-state index is 10.0. The molecule has 0 aromatic heterocycles. The van der Waals surface area contributed by atoms with Gasteiger partial charge in [-0.2, -0.15) is 0 Å². The minimum atomic E-state index is 0.347. The monoisotopic (exact) mass is 273 g/mol. The number of phenolic OH excluding ortho intramolecular Hbond substituents is 1. The molecule has 3 heteroatoms. The molecule has 3 nitrogen and oxygen atoms in total. The smallest absolute Gasteiger partial charge is 0.120 e. The molecule has 108 valence electrons. The molecule has 0 spiro atoms. The maximum Gasteiger partial charge on any atom is 0.120 e. The third-order valence-corrected chi connectivity index (χ3v) is 3.19. The predicted molar refractivity (Wildman–Crippen MR) is 83.0 cm³/mol. The van der Waals surface area contributed by atoms with E-state index in [-0.39, 0.29) is 0 Å². The lowest BCUT2D eigenvalue weighted by Crippen LogP contribution is -2.20. The SMILES string of the molecule is CC(C)COCCNCc1c(O)ccc2ccccc12.